The van der Waals surface area contributed by atoms with Crippen LogP contribution in [0.15, 0.2) is 6.33 Å². The molecule has 0 aromatic carbocycles. The van der Waals surface area contributed by atoms with Gasteiger partial charge in [-0.15, -0.1) is 0 Å². The molecule has 1 amide bonds. The first-order valence-corrected chi connectivity index (χ1v) is 8.18. The van der Waals surface area contributed by atoms with Gasteiger partial charge in [0.25, 0.3) is 5.91 Å². The SMILES string of the molecule is CC(O)C(=O)N1CCC[C@@H](n2nc(I)c3c(N)ncnc32)C1. The van der Waals surface area contributed by atoms with E-state index in [9.17, 15) is 9.90 Å². The lowest BCUT2D eigenvalue weighted by molar-refractivity contribution is -0.141. The predicted octanol–water partition coefficient (Wildman–Crippen LogP) is 0.557. The van der Waals surface area contributed by atoms with E-state index in [1.807, 2.05) is 4.68 Å². The zero-order valence-electron chi connectivity index (χ0n) is 12.1. The summed E-state index contributed by atoms with van der Waals surface area (Å²) in [5, 5.41) is 14.8. The lowest BCUT2D eigenvalue weighted by Gasteiger charge is -2.33. The van der Waals surface area contributed by atoms with Crippen molar-refractivity contribution in [2.45, 2.75) is 31.9 Å². The molecule has 0 radical (unpaired) electrons. The lowest BCUT2D eigenvalue weighted by Crippen LogP contribution is -2.44. The predicted molar refractivity (Wildman–Crippen MR) is 89.0 cm³/mol. The number of hydrogen-bond acceptors (Lipinski definition) is 6. The third-order valence-electron chi connectivity index (χ3n) is 3.89. The first kappa shape index (κ1) is 15.4. The highest BCUT2D eigenvalue weighted by Crippen LogP contribution is 2.29. The van der Waals surface area contributed by atoms with E-state index in [1.54, 1.807) is 4.90 Å². The Morgan fingerprint density at radius 2 is 2.32 bits per heavy atom. The van der Waals surface area contributed by atoms with E-state index in [4.69, 9.17) is 5.73 Å². The standard InChI is InChI=1S/C13H17IN6O2/c1-7(21)13(22)19-4-2-3-8(5-19)20-12-9(10(14)18-20)11(15)16-6-17-12/h6-8,21H,2-5H2,1H3,(H2,15,16,17)/t7?,8-/m1/s1. The van der Waals surface area contributed by atoms with Crippen LogP contribution in [0.4, 0.5) is 5.82 Å². The highest BCUT2D eigenvalue weighted by molar-refractivity contribution is 14.1. The second-order valence-corrected chi connectivity index (χ2v) is 6.47. The second-order valence-electron chi connectivity index (χ2n) is 5.45. The van der Waals surface area contributed by atoms with Gasteiger partial charge in [0.15, 0.2) is 5.65 Å². The maximum atomic E-state index is 12.0. The fraction of sp³-hybridized carbons (Fsp3) is 0.538. The summed E-state index contributed by atoms with van der Waals surface area (Å²) in [4.78, 5) is 22.0. The Morgan fingerprint density at radius 1 is 1.55 bits per heavy atom. The molecule has 3 heterocycles. The molecule has 8 nitrogen and oxygen atoms in total. The van der Waals surface area contributed by atoms with Crippen molar-refractivity contribution in [3.63, 3.8) is 0 Å². The summed E-state index contributed by atoms with van der Waals surface area (Å²) >= 11 is 2.12. The zero-order valence-corrected chi connectivity index (χ0v) is 14.3. The van der Waals surface area contributed by atoms with Gasteiger partial charge in [-0.3, -0.25) is 4.79 Å². The Hall–Kier alpha value is -1.49. The minimum atomic E-state index is -0.980. The molecule has 1 fully saturated rings. The molecule has 1 aliphatic rings. The number of aromatic nitrogens is 4. The van der Waals surface area contributed by atoms with Gasteiger partial charge in [-0.1, -0.05) is 0 Å². The normalized spacial score (nSPS) is 20.3. The Kier molecular flexibility index (Phi) is 4.17. The number of fused-ring (bicyclic) bond motifs is 1. The van der Waals surface area contributed by atoms with Gasteiger partial charge in [0.2, 0.25) is 0 Å². The third-order valence-corrected chi connectivity index (χ3v) is 4.64. The molecule has 9 heteroatoms. The fourth-order valence-electron chi connectivity index (χ4n) is 2.83. The molecule has 1 unspecified atom stereocenters. The van der Waals surface area contributed by atoms with Crippen LogP contribution in [0, 0.1) is 3.70 Å². The van der Waals surface area contributed by atoms with Crippen molar-refractivity contribution < 1.29 is 9.90 Å². The average Bonchev–Trinajstić information content (AvgIpc) is 2.85. The maximum absolute atomic E-state index is 12.0. The first-order valence-electron chi connectivity index (χ1n) is 7.10. The Labute approximate surface area is 140 Å². The molecule has 0 bridgehead atoms. The molecule has 1 saturated heterocycles. The molecule has 0 saturated carbocycles. The van der Waals surface area contributed by atoms with Gasteiger partial charge in [0.1, 0.15) is 21.9 Å². The van der Waals surface area contributed by atoms with E-state index < -0.39 is 6.10 Å². The van der Waals surface area contributed by atoms with Gasteiger partial charge in [-0.2, -0.15) is 5.10 Å². The number of aliphatic hydroxyl groups is 1. The van der Waals surface area contributed by atoms with E-state index in [-0.39, 0.29) is 11.9 Å². The summed E-state index contributed by atoms with van der Waals surface area (Å²) in [5.41, 5.74) is 6.60. The molecule has 2 aromatic rings. The number of hydrogen-bond donors (Lipinski definition) is 2. The van der Waals surface area contributed by atoms with Crippen LogP contribution >= 0.6 is 22.6 Å². The summed E-state index contributed by atoms with van der Waals surface area (Å²) < 4.78 is 2.58. The number of anilines is 1. The number of likely N-dealkylation sites (tertiary alicyclic amines) is 1. The van der Waals surface area contributed by atoms with Crippen molar-refractivity contribution in [1.82, 2.24) is 24.6 Å². The lowest BCUT2D eigenvalue weighted by atomic mass is 10.1. The molecule has 0 aliphatic carbocycles. The van der Waals surface area contributed by atoms with Crippen LogP contribution in [0.1, 0.15) is 25.8 Å². The first-order chi connectivity index (χ1) is 10.5. The molecule has 3 N–H and O–H groups in total. The van der Waals surface area contributed by atoms with Crippen LogP contribution in [-0.2, 0) is 4.79 Å². The average molecular weight is 416 g/mol. The summed E-state index contributed by atoms with van der Waals surface area (Å²) in [6, 6.07) is 0.0248. The van der Waals surface area contributed by atoms with Gasteiger partial charge < -0.3 is 15.7 Å². The van der Waals surface area contributed by atoms with Gasteiger partial charge in [0, 0.05) is 13.1 Å². The van der Waals surface area contributed by atoms with E-state index in [0.29, 0.717) is 24.6 Å². The number of amides is 1. The zero-order chi connectivity index (χ0) is 15.9. The molecule has 22 heavy (non-hydrogen) atoms. The van der Waals surface area contributed by atoms with Crippen molar-refractivity contribution in [1.29, 1.82) is 0 Å². The minimum absolute atomic E-state index is 0.0248. The van der Waals surface area contributed by atoms with Gasteiger partial charge in [-0.25, -0.2) is 14.6 Å². The summed E-state index contributed by atoms with van der Waals surface area (Å²) in [6.45, 7) is 2.67. The Morgan fingerprint density at radius 3 is 3.05 bits per heavy atom. The molecule has 2 aromatic heterocycles. The van der Waals surface area contributed by atoms with Gasteiger partial charge in [0.05, 0.1) is 11.4 Å². The maximum Gasteiger partial charge on any atom is 0.251 e. The molecular formula is C13H17IN6O2. The van der Waals surface area contributed by atoms with Crippen LogP contribution in [0.5, 0.6) is 0 Å². The van der Waals surface area contributed by atoms with Crippen molar-refractivity contribution in [3.05, 3.63) is 10.0 Å². The van der Waals surface area contributed by atoms with Crippen molar-refractivity contribution >= 4 is 45.3 Å². The molecule has 0 spiro atoms. The number of aliphatic hydroxyl groups excluding tert-OH is 1. The second kappa shape index (κ2) is 5.95. The number of piperidine rings is 1. The topological polar surface area (TPSA) is 110 Å². The molecule has 1 aliphatic heterocycles. The molecular weight excluding hydrogens is 399 g/mol. The van der Waals surface area contributed by atoms with Crippen LogP contribution in [0.25, 0.3) is 11.0 Å². The summed E-state index contributed by atoms with van der Waals surface area (Å²) in [6.07, 6.45) is 2.21. The van der Waals surface area contributed by atoms with Crippen LogP contribution in [0.2, 0.25) is 0 Å². The third kappa shape index (κ3) is 2.62. The number of halogens is 1. The smallest absolute Gasteiger partial charge is 0.251 e. The van der Waals surface area contributed by atoms with Gasteiger partial charge in [-0.05, 0) is 42.4 Å². The highest BCUT2D eigenvalue weighted by atomic mass is 127. The number of carbonyl (C=O) groups is 1. The van der Waals surface area contributed by atoms with E-state index in [1.165, 1.54) is 13.3 Å². The highest BCUT2D eigenvalue weighted by Gasteiger charge is 2.29. The van der Waals surface area contributed by atoms with E-state index in [2.05, 4.69) is 37.7 Å². The van der Waals surface area contributed by atoms with E-state index in [0.717, 1.165) is 21.9 Å². The number of nitrogens with zero attached hydrogens (tertiary/aromatic N) is 5. The van der Waals surface area contributed by atoms with Crippen LogP contribution < -0.4 is 5.73 Å². The molecule has 2 atom stereocenters. The van der Waals surface area contributed by atoms with Crippen LogP contribution in [-0.4, -0.2) is 54.9 Å². The minimum Gasteiger partial charge on any atom is -0.384 e. The van der Waals surface area contributed by atoms with Crippen molar-refractivity contribution in [3.8, 4) is 0 Å². The quantitative estimate of drug-likeness (QED) is 0.693. The van der Waals surface area contributed by atoms with Crippen LogP contribution in [0.3, 0.4) is 0 Å². The number of rotatable bonds is 2. The Bertz CT molecular complexity index is 716. The molecule has 118 valence electrons. The largest absolute Gasteiger partial charge is 0.384 e. The summed E-state index contributed by atoms with van der Waals surface area (Å²) in [5.74, 6) is 0.165. The Balaban J connectivity index is 1.94. The monoisotopic (exact) mass is 416 g/mol. The van der Waals surface area contributed by atoms with Crippen molar-refractivity contribution in [2.24, 2.45) is 0 Å². The van der Waals surface area contributed by atoms with E-state index >= 15 is 0 Å². The van der Waals surface area contributed by atoms with Crippen molar-refractivity contribution in [2.75, 3.05) is 18.8 Å². The van der Waals surface area contributed by atoms with Gasteiger partial charge >= 0.3 is 0 Å². The number of nitrogen functional groups attached to an aromatic ring is 1. The number of carbonyl (C=O) groups excluding carboxylic acids is 1. The number of nitrogens with two attached hydrogens (primary N) is 1. The fourth-order valence-corrected chi connectivity index (χ4v) is 3.58. The summed E-state index contributed by atoms with van der Waals surface area (Å²) in [7, 11) is 0. The molecule has 3 rings (SSSR count).